The van der Waals surface area contributed by atoms with E-state index in [9.17, 15) is 0 Å². The SMILES string of the molecule is COc1nc(C2CCCC2)ncc1CN. The molecule has 0 unspecified atom stereocenters. The van der Waals surface area contributed by atoms with Crippen molar-refractivity contribution < 1.29 is 4.74 Å². The monoisotopic (exact) mass is 207 g/mol. The van der Waals surface area contributed by atoms with E-state index in [1.165, 1.54) is 25.7 Å². The summed E-state index contributed by atoms with van der Waals surface area (Å²) < 4.78 is 5.21. The molecule has 2 rings (SSSR count). The first-order chi connectivity index (χ1) is 7.35. The fourth-order valence-electron chi connectivity index (χ4n) is 2.10. The summed E-state index contributed by atoms with van der Waals surface area (Å²) in [6.07, 6.45) is 6.76. The second-order valence-corrected chi connectivity index (χ2v) is 3.95. The Kier molecular flexibility index (Phi) is 3.16. The van der Waals surface area contributed by atoms with Gasteiger partial charge in [-0.05, 0) is 12.8 Å². The highest BCUT2D eigenvalue weighted by Crippen LogP contribution is 2.32. The maximum absolute atomic E-state index is 5.57. The largest absolute Gasteiger partial charge is 0.481 e. The molecule has 1 aromatic rings. The lowest BCUT2D eigenvalue weighted by Crippen LogP contribution is -2.07. The van der Waals surface area contributed by atoms with Crippen molar-refractivity contribution in [3.8, 4) is 5.88 Å². The zero-order chi connectivity index (χ0) is 10.7. The van der Waals surface area contributed by atoms with Crippen molar-refractivity contribution in [2.75, 3.05) is 7.11 Å². The lowest BCUT2D eigenvalue weighted by molar-refractivity contribution is 0.387. The maximum Gasteiger partial charge on any atom is 0.220 e. The van der Waals surface area contributed by atoms with Gasteiger partial charge in [0.25, 0.3) is 0 Å². The van der Waals surface area contributed by atoms with Gasteiger partial charge in [0.1, 0.15) is 5.82 Å². The minimum Gasteiger partial charge on any atom is -0.481 e. The van der Waals surface area contributed by atoms with Gasteiger partial charge in [0.05, 0.1) is 7.11 Å². The summed E-state index contributed by atoms with van der Waals surface area (Å²) in [5, 5.41) is 0. The number of hydrogen-bond acceptors (Lipinski definition) is 4. The van der Waals surface area contributed by atoms with Gasteiger partial charge in [0.15, 0.2) is 0 Å². The topological polar surface area (TPSA) is 61.0 Å². The van der Waals surface area contributed by atoms with Crippen LogP contribution in [-0.2, 0) is 6.54 Å². The molecule has 1 fully saturated rings. The van der Waals surface area contributed by atoms with E-state index in [0.717, 1.165) is 11.4 Å². The van der Waals surface area contributed by atoms with Crippen LogP contribution in [0.5, 0.6) is 5.88 Å². The molecule has 4 heteroatoms. The summed E-state index contributed by atoms with van der Waals surface area (Å²) in [6.45, 7) is 0.425. The van der Waals surface area contributed by atoms with Gasteiger partial charge in [-0.15, -0.1) is 0 Å². The third-order valence-corrected chi connectivity index (χ3v) is 2.98. The van der Waals surface area contributed by atoms with Crippen molar-refractivity contribution >= 4 is 0 Å². The predicted molar refractivity (Wildman–Crippen MR) is 57.7 cm³/mol. The molecule has 1 aliphatic rings. The van der Waals surface area contributed by atoms with E-state index >= 15 is 0 Å². The normalized spacial score (nSPS) is 16.9. The molecule has 0 amide bonds. The minimum absolute atomic E-state index is 0.425. The molecule has 0 aliphatic heterocycles. The van der Waals surface area contributed by atoms with Crippen LogP contribution in [0.3, 0.4) is 0 Å². The lowest BCUT2D eigenvalue weighted by atomic mass is 10.1. The molecule has 4 nitrogen and oxygen atoms in total. The molecule has 1 aromatic heterocycles. The zero-order valence-corrected chi connectivity index (χ0v) is 9.07. The standard InChI is InChI=1S/C11H17N3O/c1-15-11-9(6-12)7-13-10(14-11)8-4-2-3-5-8/h7-8H,2-6,12H2,1H3. The number of nitrogens with zero attached hydrogens (tertiary/aromatic N) is 2. The van der Waals surface area contributed by atoms with Crippen molar-refractivity contribution in [1.82, 2.24) is 9.97 Å². The summed E-state index contributed by atoms with van der Waals surface area (Å²) in [4.78, 5) is 8.80. The molecule has 1 heterocycles. The summed E-state index contributed by atoms with van der Waals surface area (Å²) in [5.41, 5.74) is 6.44. The average molecular weight is 207 g/mol. The van der Waals surface area contributed by atoms with E-state index in [2.05, 4.69) is 9.97 Å². The van der Waals surface area contributed by atoms with Crippen LogP contribution >= 0.6 is 0 Å². The van der Waals surface area contributed by atoms with Gasteiger partial charge in [0.2, 0.25) is 5.88 Å². The molecule has 0 atom stereocenters. The number of nitrogens with two attached hydrogens (primary N) is 1. The average Bonchev–Trinajstić information content (AvgIpc) is 2.81. The van der Waals surface area contributed by atoms with Gasteiger partial charge < -0.3 is 10.5 Å². The van der Waals surface area contributed by atoms with Gasteiger partial charge >= 0.3 is 0 Å². The van der Waals surface area contributed by atoms with Gasteiger partial charge in [-0.25, -0.2) is 4.98 Å². The maximum atomic E-state index is 5.57. The van der Waals surface area contributed by atoms with Crippen LogP contribution in [-0.4, -0.2) is 17.1 Å². The molecule has 15 heavy (non-hydrogen) atoms. The van der Waals surface area contributed by atoms with Crippen molar-refractivity contribution in [1.29, 1.82) is 0 Å². The van der Waals surface area contributed by atoms with E-state index in [-0.39, 0.29) is 0 Å². The van der Waals surface area contributed by atoms with Crippen molar-refractivity contribution in [3.05, 3.63) is 17.6 Å². The summed E-state index contributed by atoms with van der Waals surface area (Å²) in [7, 11) is 1.62. The smallest absolute Gasteiger partial charge is 0.220 e. The van der Waals surface area contributed by atoms with Crippen molar-refractivity contribution in [3.63, 3.8) is 0 Å². The quantitative estimate of drug-likeness (QED) is 0.817. The molecule has 1 aliphatic carbocycles. The van der Waals surface area contributed by atoms with Gasteiger partial charge in [0, 0.05) is 24.2 Å². The van der Waals surface area contributed by atoms with Crippen molar-refractivity contribution in [2.45, 2.75) is 38.1 Å². The van der Waals surface area contributed by atoms with E-state index in [0.29, 0.717) is 18.3 Å². The molecule has 0 radical (unpaired) electrons. The van der Waals surface area contributed by atoms with Crippen molar-refractivity contribution in [2.24, 2.45) is 5.73 Å². The highest BCUT2D eigenvalue weighted by molar-refractivity contribution is 5.24. The predicted octanol–water partition coefficient (Wildman–Crippen LogP) is 1.60. The Balaban J connectivity index is 2.25. The Morgan fingerprint density at radius 3 is 2.80 bits per heavy atom. The summed E-state index contributed by atoms with van der Waals surface area (Å²) in [5.74, 6) is 2.07. The van der Waals surface area contributed by atoms with Gasteiger partial charge in [-0.3, -0.25) is 0 Å². The molecule has 1 saturated carbocycles. The Morgan fingerprint density at radius 2 is 2.20 bits per heavy atom. The van der Waals surface area contributed by atoms with Crippen LogP contribution in [0.1, 0.15) is 43.0 Å². The van der Waals surface area contributed by atoms with Crippen LogP contribution in [0, 0.1) is 0 Å². The van der Waals surface area contributed by atoms with Gasteiger partial charge in [-0.2, -0.15) is 4.98 Å². The fraction of sp³-hybridized carbons (Fsp3) is 0.636. The Labute approximate surface area is 89.9 Å². The van der Waals surface area contributed by atoms with E-state index < -0.39 is 0 Å². The Bertz CT molecular complexity index is 335. The number of rotatable bonds is 3. The zero-order valence-electron chi connectivity index (χ0n) is 9.07. The number of hydrogen-bond donors (Lipinski definition) is 1. The van der Waals surface area contributed by atoms with E-state index in [1.807, 2.05) is 0 Å². The third kappa shape index (κ3) is 2.09. The third-order valence-electron chi connectivity index (χ3n) is 2.98. The molecule has 2 N–H and O–H groups in total. The number of aromatic nitrogens is 2. The summed E-state index contributed by atoms with van der Waals surface area (Å²) >= 11 is 0. The number of methoxy groups -OCH3 is 1. The second-order valence-electron chi connectivity index (χ2n) is 3.95. The molecule has 0 saturated heterocycles. The number of ether oxygens (including phenoxy) is 1. The van der Waals surface area contributed by atoms with Crippen LogP contribution in [0.25, 0.3) is 0 Å². The molecule has 82 valence electrons. The second kappa shape index (κ2) is 4.57. The summed E-state index contributed by atoms with van der Waals surface area (Å²) in [6, 6.07) is 0. The first-order valence-corrected chi connectivity index (χ1v) is 5.45. The van der Waals surface area contributed by atoms with E-state index in [1.54, 1.807) is 13.3 Å². The first kappa shape index (κ1) is 10.4. The van der Waals surface area contributed by atoms with Crippen LogP contribution in [0.15, 0.2) is 6.20 Å². The molecular weight excluding hydrogens is 190 g/mol. The highest BCUT2D eigenvalue weighted by Gasteiger charge is 2.20. The van der Waals surface area contributed by atoms with Crippen LogP contribution in [0.4, 0.5) is 0 Å². The fourth-order valence-corrected chi connectivity index (χ4v) is 2.10. The van der Waals surface area contributed by atoms with Crippen LogP contribution in [0.2, 0.25) is 0 Å². The Morgan fingerprint density at radius 1 is 1.47 bits per heavy atom. The highest BCUT2D eigenvalue weighted by atomic mass is 16.5. The molecule has 0 bridgehead atoms. The minimum atomic E-state index is 0.425. The molecule has 0 aromatic carbocycles. The first-order valence-electron chi connectivity index (χ1n) is 5.45. The van der Waals surface area contributed by atoms with Gasteiger partial charge in [-0.1, -0.05) is 12.8 Å². The molecule has 0 spiro atoms. The molecular formula is C11H17N3O. The Hall–Kier alpha value is -1.16. The van der Waals surface area contributed by atoms with E-state index in [4.69, 9.17) is 10.5 Å². The lowest BCUT2D eigenvalue weighted by Gasteiger charge is -2.10. The van der Waals surface area contributed by atoms with Crippen LogP contribution < -0.4 is 10.5 Å².